The maximum atomic E-state index is 5.46. The summed E-state index contributed by atoms with van der Waals surface area (Å²) < 4.78 is 0. The third-order valence-electron chi connectivity index (χ3n) is 2.38. The van der Waals surface area contributed by atoms with Crippen molar-refractivity contribution in [1.29, 1.82) is 0 Å². The van der Waals surface area contributed by atoms with Gasteiger partial charge in [-0.25, -0.2) is 0 Å². The fourth-order valence-corrected chi connectivity index (χ4v) is 1.90. The van der Waals surface area contributed by atoms with Crippen molar-refractivity contribution in [3.63, 3.8) is 0 Å². The lowest BCUT2D eigenvalue weighted by atomic mass is 9.93. The highest BCUT2D eigenvalue weighted by atomic mass is 32.1. The number of rotatable bonds is 2. The van der Waals surface area contributed by atoms with Crippen molar-refractivity contribution in [1.82, 2.24) is 0 Å². The first-order valence-corrected chi connectivity index (χ1v) is 5.21. The van der Waals surface area contributed by atoms with Crippen molar-refractivity contribution in [2.24, 2.45) is 5.92 Å². The number of benzene rings is 1. The zero-order valence-corrected chi connectivity index (χ0v) is 8.71. The van der Waals surface area contributed by atoms with E-state index < -0.39 is 0 Å². The van der Waals surface area contributed by atoms with Crippen LogP contribution in [-0.4, -0.2) is 4.86 Å². The molecule has 0 saturated heterocycles. The second-order valence-electron chi connectivity index (χ2n) is 3.39. The first-order chi connectivity index (χ1) is 6.88. The van der Waals surface area contributed by atoms with Crippen LogP contribution in [-0.2, 0) is 0 Å². The first-order valence-electron chi connectivity index (χ1n) is 4.80. The Morgan fingerprint density at radius 1 is 1.14 bits per heavy atom. The van der Waals surface area contributed by atoms with Crippen LogP contribution in [0.25, 0.3) is 0 Å². The standard InChI is InChI=1S/C13H12S/c14-13(11-7-3-1-4-8-11)12-9-5-2-6-10-12/h1-9,12H,10H2. The summed E-state index contributed by atoms with van der Waals surface area (Å²) in [4.78, 5) is 1.05. The second-order valence-corrected chi connectivity index (χ2v) is 3.83. The summed E-state index contributed by atoms with van der Waals surface area (Å²) in [6.45, 7) is 0. The molecule has 0 heterocycles. The molecule has 0 spiro atoms. The van der Waals surface area contributed by atoms with Gasteiger partial charge in [0.2, 0.25) is 0 Å². The highest BCUT2D eigenvalue weighted by molar-refractivity contribution is 7.80. The maximum Gasteiger partial charge on any atom is 0.0296 e. The number of allylic oxidation sites excluding steroid dienone is 4. The molecule has 1 aliphatic rings. The van der Waals surface area contributed by atoms with Crippen molar-refractivity contribution in [3.8, 4) is 0 Å². The van der Waals surface area contributed by atoms with Gasteiger partial charge in [0.25, 0.3) is 0 Å². The Balaban J connectivity index is 2.17. The van der Waals surface area contributed by atoms with Gasteiger partial charge < -0.3 is 0 Å². The van der Waals surface area contributed by atoms with E-state index >= 15 is 0 Å². The summed E-state index contributed by atoms with van der Waals surface area (Å²) in [5.41, 5.74) is 1.17. The van der Waals surface area contributed by atoms with E-state index in [9.17, 15) is 0 Å². The third-order valence-corrected chi connectivity index (χ3v) is 2.91. The molecule has 0 aliphatic heterocycles. The third kappa shape index (κ3) is 1.99. The zero-order valence-electron chi connectivity index (χ0n) is 7.89. The van der Waals surface area contributed by atoms with E-state index in [4.69, 9.17) is 12.2 Å². The zero-order chi connectivity index (χ0) is 9.80. The molecule has 0 bridgehead atoms. The molecule has 1 aliphatic carbocycles. The number of hydrogen-bond donors (Lipinski definition) is 0. The average Bonchev–Trinajstić information content (AvgIpc) is 2.30. The van der Waals surface area contributed by atoms with E-state index in [0.29, 0.717) is 5.92 Å². The molecule has 1 atom stereocenters. The van der Waals surface area contributed by atoms with E-state index in [0.717, 1.165) is 11.3 Å². The normalized spacial score (nSPS) is 19.6. The summed E-state index contributed by atoms with van der Waals surface area (Å²) in [5, 5.41) is 0. The molecule has 1 aromatic carbocycles. The molecule has 1 unspecified atom stereocenters. The Bertz CT molecular complexity index is 373. The summed E-state index contributed by atoms with van der Waals surface area (Å²) in [5.74, 6) is 0.400. The first kappa shape index (κ1) is 9.35. The number of thiocarbonyl (C=S) groups is 1. The summed E-state index contributed by atoms with van der Waals surface area (Å²) >= 11 is 5.46. The van der Waals surface area contributed by atoms with Crippen LogP contribution in [0.15, 0.2) is 54.6 Å². The predicted molar refractivity (Wildman–Crippen MR) is 64.5 cm³/mol. The Kier molecular flexibility index (Phi) is 2.90. The Hall–Kier alpha value is -1.21. The summed E-state index contributed by atoms with van der Waals surface area (Å²) in [6, 6.07) is 10.2. The van der Waals surface area contributed by atoms with Crippen LogP contribution in [0.5, 0.6) is 0 Å². The molecule has 1 heteroatoms. The van der Waals surface area contributed by atoms with E-state index in [1.54, 1.807) is 0 Å². The van der Waals surface area contributed by atoms with Crippen LogP contribution in [0.1, 0.15) is 12.0 Å². The van der Waals surface area contributed by atoms with Crippen LogP contribution in [0.2, 0.25) is 0 Å². The van der Waals surface area contributed by atoms with E-state index in [1.807, 2.05) is 18.2 Å². The molecule has 0 N–H and O–H groups in total. The van der Waals surface area contributed by atoms with Crippen molar-refractivity contribution in [3.05, 3.63) is 60.2 Å². The minimum Gasteiger partial charge on any atom is -0.0836 e. The lowest BCUT2D eigenvalue weighted by Gasteiger charge is -2.14. The van der Waals surface area contributed by atoms with Gasteiger partial charge in [-0.2, -0.15) is 0 Å². The van der Waals surface area contributed by atoms with Gasteiger partial charge in [-0.1, -0.05) is 66.9 Å². The van der Waals surface area contributed by atoms with Gasteiger partial charge in [0.05, 0.1) is 0 Å². The lowest BCUT2D eigenvalue weighted by Crippen LogP contribution is -2.11. The molecule has 14 heavy (non-hydrogen) atoms. The van der Waals surface area contributed by atoms with Gasteiger partial charge in [0, 0.05) is 10.8 Å². The van der Waals surface area contributed by atoms with E-state index in [1.165, 1.54) is 5.56 Å². The highest BCUT2D eigenvalue weighted by Gasteiger charge is 2.12. The van der Waals surface area contributed by atoms with Crippen LogP contribution in [0, 0.1) is 5.92 Å². The molecule has 2 rings (SSSR count). The molecule has 0 saturated carbocycles. The largest absolute Gasteiger partial charge is 0.0836 e. The molecule has 0 nitrogen and oxygen atoms in total. The predicted octanol–water partition coefficient (Wildman–Crippen LogP) is 3.54. The molecule has 70 valence electrons. The monoisotopic (exact) mass is 200 g/mol. The van der Waals surface area contributed by atoms with Gasteiger partial charge in [-0.05, 0) is 12.0 Å². The fraction of sp³-hybridized carbons (Fsp3) is 0.154. The highest BCUT2D eigenvalue weighted by Crippen LogP contribution is 2.18. The number of hydrogen-bond acceptors (Lipinski definition) is 1. The van der Waals surface area contributed by atoms with E-state index in [-0.39, 0.29) is 0 Å². The summed E-state index contributed by atoms with van der Waals surface area (Å²) in [6.07, 6.45) is 9.52. The molecular formula is C13H12S. The second kappa shape index (κ2) is 4.34. The summed E-state index contributed by atoms with van der Waals surface area (Å²) in [7, 11) is 0. The van der Waals surface area contributed by atoms with Gasteiger partial charge >= 0.3 is 0 Å². The minimum atomic E-state index is 0.400. The quantitative estimate of drug-likeness (QED) is 0.520. The van der Waals surface area contributed by atoms with Gasteiger partial charge in [-0.15, -0.1) is 0 Å². The Morgan fingerprint density at radius 2 is 1.93 bits per heavy atom. The van der Waals surface area contributed by atoms with Crippen LogP contribution in [0.3, 0.4) is 0 Å². The molecule has 1 aromatic rings. The molecular weight excluding hydrogens is 188 g/mol. The lowest BCUT2D eigenvalue weighted by molar-refractivity contribution is 0.883. The van der Waals surface area contributed by atoms with Gasteiger partial charge in [0.15, 0.2) is 0 Å². The molecule has 0 radical (unpaired) electrons. The van der Waals surface area contributed by atoms with Crippen molar-refractivity contribution in [2.75, 3.05) is 0 Å². The molecule has 0 fully saturated rings. The van der Waals surface area contributed by atoms with Gasteiger partial charge in [-0.3, -0.25) is 0 Å². The maximum absolute atomic E-state index is 5.46. The molecule has 0 aromatic heterocycles. The SMILES string of the molecule is S=C(c1ccccc1)C1C=CC=CC1. The van der Waals surface area contributed by atoms with Crippen LogP contribution in [0.4, 0.5) is 0 Å². The molecule has 0 amide bonds. The Morgan fingerprint density at radius 3 is 2.57 bits per heavy atom. The Labute approximate surface area is 90.0 Å². The van der Waals surface area contributed by atoms with Crippen molar-refractivity contribution < 1.29 is 0 Å². The smallest absolute Gasteiger partial charge is 0.0296 e. The van der Waals surface area contributed by atoms with Crippen LogP contribution >= 0.6 is 12.2 Å². The van der Waals surface area contributed by atoms with Gasteiger partial charge in [0.1, 0.15) is 0 Å². The topological polar surface area (TPSA) is 0 Å². The fourth-order valence-electron chi connectivity index (χ4n) is 1.59. The van der Waals surface area contributed by atoms with E-state index in [2.05, 4.69) is 36.4 Å². The van der Waals surface area contributed by atoms with Crippen molar-refractivity contribution in [2.45, 2.75) is 6.42 Å². The van der Waals surface area contributed by atoms with Crippen LogP contribution < -0.4 is 0 Å². The average molecular weight is 200 g/mol. The van der Waals surface area contributed by atoms with Crippen molar-refractivity contribution >= 4 is 17.1 Å². The minimum absolute atomic E-state index is 0.400.